The topological polar surface area (TPSA) is 108 Å². The lowest BCUT2D eigenvalue weighted by atomic mass is 9.82. The van der Waals surface area contributed by atoms with Crippen molar-refractivity contribution in [3.8, 4) is 0 Å². The first kappa shape index (κ1) is 21.9. The smallest absolute Gasteiger partial charge is 0.410 e. The number of hydrogen-bond donors (Lipinski definition) is 3. The van der Waals surface area contributed by atoms with Crippen LogP contribution in [0.3, 0.4) is 0 Å². The Hall–Kier alpha value is -2.88. The number of nitrogens with one attached hydrogen (secondary N) is 3. The van der Waals surface area contributed by atoms with Crippen molar-refractivity contribution in [1.29, 1.82) is 0 Å². The first-order valence-electron chi connectivity index (χ1n) is 11.6. The van der Waals surface area contributed by atoms with Crippen LogP contribution in [0.5, 0.6) is 0 Å². The van der Waals surface area contributed by atoms with Crippen molar-refractivity contribution < 1.29 is 9.53 Å². The van der Waals surface area contributed by atoms with Gasteiger partial charge < -0.3 is 20.3 Å². The molecule has 3 atom stereocenters. The number of aromatic nitrogens is 4. The third-order valence-corrected chi connectivity index (χ3v) is 7.00. The van der Waals surface area contributed by atoms with Crippen LogP contribution in [0, 0.1) is 6.92 Å². The van der Waals surface area contributed by atoms with Gasteiger partial charge in [0.2, 0.25) is 5.95 Å². The predicted molar refractivity (Wildman–Crippen MR) is 130 cm³/mol. The van der Waals surface area contributed by atoms with Crippen molar-refractivity contribution in [1.82, 2.24) is 25.1 Å². The van der Waals surface area contributed by atoms with Gasteiger partial charge in [-0.3, -0.25) is 5.10 Å². The summed E-state index contributed by atoms with van der Waals surface area (Å²) in [6.07, 6.45) is 4.70. The van der Waals surface area contributed by atoms with E-state index in [1.165, 1.54) is 0 Å². The Kier molecular flexibility index (Phi) is 5.64. The standard InChI is InChI=1S/C23H31N7O2S/c1-13-10-18(29-28-13)25-19-17-8-9-33-20(17)27-21(26-19)24-14-11-15-6-5-7-16(12-14)30(15)22(31)32-23(2,3)4/h8-10,14-16H,5-7,11-12H2,1-4H3,(H3,24,25,26,27,28,29)/t14-,15-,16+. The van der Waals surface area contributed by atoms with Gasteiger partial charge in [0.1, 0.15) is 16.2 Å². The van der Waals surface area contributed by atoms with Gasteiger partial charge in [-0.2, -0.15) is 10.1 Å². The molecule has 5 rings (SSSR count). The van der Waals surface area contributed by atoms with E-state index in [1.807, 2.05) is 50.1 Å². The molecule has 3 aromatic heterocycles. The molecule has 0 radical (unpaired) electrons. The number of hydrogen-bond acceptors (Lipinski definition) is 8. The van der Waals surface area contributed by atoms with Crippen molar-refractivity contribution in [2.45, 2.75) is 83.5 Å². The zero-order valence-corrected chi connectivity index (χ0v) is 20.3. The summed E-state index contributed by atoms with van der Waals surface area (Å²) in [5.41, 5.74) is 0.496. The maximum absolute atomic E-state index is 12.9. The second-order valence-corrected chi connectivity index (χ2v) is 10.9. The Balaban J connectivity index is 1.34. The van der Waals surface area contributed by atoms with Gasteiger partial charge in [-0.05, 0) is 71.2 Å². The van der Waals surface area contributed by atoms with E-state index in [-0.39, 0.29) is 24.2 Å². The Labute approximate surface area is 197 Å². The second kappa shape index (κ2) is 8.48. The molecule has 1 amide bonds. The van der Waals surface area contributed by atoms with Crippen LogP contribution in [0.15, 0.2) is 17.5 Å². The van der Waals surface area contributed by atoms with E-state index >= 15 is 0 Å². The molecule has 2 saturated heterocycles. The average Bonchev–Trinajstić information content (AvgIpc) is 3.35. The number of anilines is 3. The lowest BCUT2D eigenvalue weighted by Gasteiger charge is -2.48. The van der Waals surface area contributed by atoms with E-state index < -0.39 is 5.60 Å². The number of nitrogens with zero attached hydrogens (tertiary/aromatic N) is 4. The van der Waals surface area contributed by atoms with Gasteiger partial charge in [0, 0.05) is 29.9 Å². The largest absolute Gasteiger partial charge is 0.444 e. The van der Waals surface area contributed by atoms with E-state index in [0.29, 0.717) is 5.95 Å². The zero-order valence-electron chi connectivity index (χ0n) is 19.5. The van der Waals surface area contributed by atoms with Crippen LogP contribution in [0.4, 0.5) is 22.4 Å². The maximum Gasteiger partial charge on any atom is 0.410 e. The highest BCUT2D eigenvalue weighted by molar-refractivity contribution is 7.16. The monoisotopic (exact) mass is 469 g/mol. The summed E-state index contributed by atoms with van der Waals surface area (Å²) in [6, 6.07) is 4.54. The minimum absolute atomic E-state index is 0.181. The fourth-order valence-corrected chi connectivity index (χ4v) is 5.68. The highest BCUT2D eigenvalue weighted by Gasteiger charge is 2.42. The number of carbonyl (C=O) groups is 1. The second-order valence-electron chi connectivity index (χ2n) is 10.0. The molecule has 5 heterocycles. The van der Waals surface area contributed by atoms with E-state index in [4.69, 9.17) is 14.7 Å². The van der Waals surface area contributed by atoms with Gasteiger partial charge in [0.25, 0.3) is 0 Å². The molecule has 0 spiro atoms. The number of thiophene rings is 1. The van der Waals surface area contributed by atoms with Gasteiger partial charge in [0.15, 0.2) is 5.82 Å². The summed E-state index contributed by atoms with van der Waals surface area (Å²) >= 11 is 1.59. The van der Waals surface area contributed by atoms with Crippen LogP contribution in [0.25, 0.3) is 10.2 Å². The number of fused-ring (bicyclic) bond motifs is 3. The molecular formula is C23H31N7O2S. The normalized spacial score (nSPS) is 22.9. The Morgan fingerprint density at radius 1 is 1.24 bits per heavy atom. The summed E-state index contributed by atoms with van der Waals surface area (Å²) in [4.78, 5) is 25.3. The number of aryl methyl sites for hydroxylation is 1. The Bertz CT molecular complexity index is 1140. The van der Waals surface area contributed by atoms with Crippen molar-refractivity contribution in [2.24, 2.45) is 0 Å². The van der Waals surface area contributed by atoms with Gasteiger partial charge in [0.05, 0.1) is 5.39 Å². The molecule has 2 aliphatic heterocycles. The lowest BCUT2D eigenvalue weighted by molar-refractivity contribution is -0.0199. The van der Waals surface area contributed by atoms with Crippen molar-refractivity contribution in [2.75, 3.05) is 10.6 Å². The van der Waals surface area contributed by atoms with E-state index in [9.17, 15) is 4.79 Å². The number of aromatic amines is 1. The van der Waals surface area contributed by atoms with Crippen LogP contribution >= 0.6 is 11.3 Å². The fraction of sp³-hybridized carbons (Fsp3) is 0.565. The molecule has 0 aromatic carbocycles. The fourth-order valence-electron chi connectivity index (χ4n) is 4.91. The number of piperidine rings is 2. The molecule has 176 valence electrons. The van der Waals surface area contributed by atoms with Crippen molar-refractivity contribution in [3.63, 3.8) is 0 Å². The molecule has 33 heavy (non-hydrogen) atoms. The SMILES string of the molecule is Cc1cc(Nc2nc(N[C@@H]3C[C@H]4CCC[C@@H](C3)N4C(=O)OC(C)(C)C)nc3sccc23)n[nH]1. The molecule has 3 aromatic rings. The van der Waals surface area contributed by atoms with E-state index in [0.717, 1.165) is 59.7 Å². The van der Waals surface area contributed by atoms with Crippen molar-refractivity contribution >= 4 is 45.2 Å². The molecule has 10 heteroatoms. The minimum Gasteiger partial charge on any atom is -0.444 e. The van der Waals surface area contributed by atoms with E-state index in [1.54, 1.807) is 11.3 Å². The summed E-state index contributed by atoms with van der Waals surface area (Å²) in [5, 5.41) is 17.1. The molecule has 2 aliphatic rings. The quantitative estimate of drug-likeness (QED) is 0.482. The Morgan fingerprint density at radius 2 is 2.00 bits per heavy atom. The molecule has 0 unspecified atom stereocenters. The summed E-state index contributed by atoms with van der Waals surface area (Å²) in [5.74, 6) is 2.07. The van der Waals surface area contributed by atoms with Gasteiger partial charge >= 0.3 is 6.09 Å². The number of rotatable bonds is 4. The van der Waals surface area contributed by atoms with E-state index in [2.05, 4.69) is 20.8 Å². The number of amides is 1. The summed E-state index contributed by atoms with van der Waals surface area (Å²) in [7, 11) is 0. The highest BCUT2D eigenvalue weighted by atomic mass is 32.1. The predicted octanol–water partition coefficient (Wildman–Crippen LogP) is 5.20. The van der Waals surface area contributed by atoms with Gasteiger partial charge in [-0.1, -0.05) is 0 Å². The van der Waals surface area contributed by atoms with Crippen LogP contribution in [-0.2, 0) is 4.74 Å². The average molecular weight is 470 g/mol. The number of H-pyrrole nitrogens is 1. The summed E-state index contributed by atoms with van der Waals surface area (Å²) in [6.45, 7) is 7.72. The Morgan fingerprint density at radius 3 is 2.67 bits per heavy atom. The van der Waals surface area contributed by atoms with Crippen LogP contribution in [0.2, 0.25) is 0 Å². The third kappa shape index (κ3) is 4.75. The summed E-state index contributed by atoms with van der Waals surface area (Å²) < 4.78 is 5.71. The first-order chi connectivity index (χ1) is 15.7. The minimum atomic E-state index is -0.485. The van der Waals surface area contributed by atoms with Crippen LogP contribution in [0.1, 0.15) is 58.6 Å². The number of ether oxygens (including phenoxy) is 1. The van der Waals surface area contributed by atoms with Crippen molar-refractivity contribution in [3.05, 3.63) is 23.2 Å². The van der Waals surface area contributed by atoms with Gasteiger partial charge in [-0.15, -0.1) is 11.3 Å². The third-order valence-electron chi connectivity index (χ3n) is 6.19. The first-order valence-corrected chi connectivity index (χ1v) is 12.5. The van der Waals surface area contributed by atoms with Crippen LogP contribution < -0.4 is 10.6 Å². The number of carbonyl (C=O) groups excluding carboxylic acids is 1. The maximum atomic E-state index is 12.9. The molecule has 0 saturated carbocycles. The molecule has 2 fully saturated rings. The molecule has 3 N–H and O–H groups in total. The molecule has 2 bridgehead atoms. The lowest BCUT2D eigenvalue weighted by Crippen LogP contribution is -2.58. The zero-order chi connectivity index (χ0) is 23.2. The molecule has 0 aliphatic carbocycles. The molecular weight excluding hydrogens is 438 g/mol. The highest BCUT2D eigenvalue weighted by Crippen LogP contribution is 2.37. The van der Waals surface area contributed by atoms with Gasteiger partial charge in [-0.25, -0.2) is 9.78 Å². The molecule has 9 nitrogen and oxygen atoms in total. The van der Waals surface area contributed by atoms with Crippen LogP contribution in [-0.4, -0.2) is 54.9 Å².